The third-order valence-corrected chi connectivity index (χ3v) is 3.68. The summed E-state index contributed by atoms with van der Waals surface area (Å²) in [5.41, 5.74) is 0. The summed E-state index contributed by atoms with van der Waals surface area (Å²) >= 11 is 0. The Balaban J connectivity index is 1.74. The van der Waals surface area contributed by atoms with E-state index in [1.807, 2.05) is 0 Å². The van der Waals surface area contributed by atoms with Crippen LogP contribution in [0.1, 0.15) is 25.7 Å². The third-order valence-electron chi connectivity index (χ3n) is 3.68. The molecule has 0 atom stereocenters. The molecule has 0 aromatic carbocycles. The lowest BCUT2D eigenvalue weighted by molar-refractivity contribution is 0.0965. The second kappa shape index (κ2) is 5.93. The van der Waals surface area contributed by atoms with Crippen LogP contribution < -0.4 is 5.32 Å². The molecule has 1 aliphatic carbocycles. The smallest absolute Gasteiger partial charge is 0.409 e. The van der Waals surface area contributed by atoms with E-state index in [4.69, 9.17) is 0 Å². The van der Waals surface area contributed by atoms with Crippen LogP contribution in [0.5, 0.6) is 0 Å². The number of amides is 3. The first-order chi connectivity index (χ1) is 8.70. The molecule has 2 rings (SSSR count). The summed E-state index contributed by atoms with van der Waals surface area (Å²) in [6, 6.07) is 0.350. The van der Waals surface area contributed by atoms with Crippen molar-refractivity contribution in [3.63, 3.8) is 0 Å². The van der Waals surface area contributed by atoms with Crippen LogP contribution in [0.25, 0.3) is 0 Å². The van der Waals surface area contributed by atoms with Crippen LogP contribution in [0, 0.1) is 0 Å². The Morgan fingerprint density at radius 1 is 1.06 bits per heavy atom. The summed E-state index contributed by atoms with van der Waals surface area (Å²) in [4.78, 5) is 26.7. The quantitative estimate of drug-likeness (QED) is 0.761. The van der Waals surface area contributed by atoms with E-state index >= 15 is 0 Å². The number of hydrogen-bond acceptors (Lipinski definition) is 3. The monoisotopic (exact) mass is 255 g/mol. The minimum Gasteiger partial charge on any atom is -0.453 e. The molecule has 3 amide bonds. The Bertz CT molecular complexity index is 308. The van der Waals surface area contributed by atoms with Gasteiger partial charge in [0.05, 0.1) is 7.11 Å². The van der Waals surface area contributed by atoms with Gasteiger partial charge in [-0.25, -0.2) is 9.59 Å². The molecule has 1 saturated heterocycles. The highest BCUT2D eigenvalue weighted by Crippen LogP contribution is 2.18. The summed E-state index contributed by atoms with van der Waals surface area (Å²) in [7, 11) is 1.38. The van der Waals surface area contributed by atoms with Gasteiger partial charge in [-0.2, -0.15) is 0 Å². The predicted octanol–water partition coefficient (Wildman–Crippen LogP) is 1.02. The zero-order valence-corrected chi connectivity index (χ0v) is 10.9. The van der Waals surface area contributed by atoms with Crippen molar-refractivity contribution in [3.8, 4) is 0 Å². The number of ether oxygens (including phenoxy) is 1. The average Bonchev–Trinajstić information content (AvgIpc) is 2.91. The fourth-order valence-electron chi connectivity index (χ4n) is 2.56. The molecular formula is C12H21N3O3. The molecule has 0 spiro atoms. The largest absolute Gasteiger partial charge is 0.453 e. The number of nitrogens with one attached hydrogen (secondary N) is 1. The molecule has 2 fully saturated rings. The molecule has 2 aliphatic rings. The highest BCUT2D eigenvalue weighted by atomic mass is 16.5. The van der Waals surface area contributed by atoms with Crippen LogP contribution in [-0.4, -0.2) is 61.3 Å². The first kappa shape index (κ1) is 13.0. The van der Waals surface area contributed by atoms with Crippen LogP contribution in [0.4, 0.5) is 9.59 Å². The Labute approximate surface area is 107 Å². The fourth-order valence-corrected chi connectivity index (χ4v) is 2.56. The number of nitrogens with zero attached hydrogens (tertiary/aromatic N) is 2. The maximum Gasteiger partial charge on any atom is 0.409 e. The van der Waals surface area contributed by atoms with Gasteiger partial charge in [-0.1, -0.05) is 12.8 Å². The first-order valence-corrected chi connectivity index (χ1v) is 6.59. The molecule has 0 radical (unpaired) electrons. The van der Waals surface area contributed by atoms with Crippen molar-refractivity contribution in [1.82, 2.24) is 15.1 Å². The molecule has 0 bridgehead atoms. The fraction of sp³-hybridized carbons (Fsp3) is 0.833. The zero-order valence-electron chi connectivity index (χ0n) is 10.9. The van der Waals surface area contributed by atoms with Crippen LogP contribution in [0.15, 0.2) is 0 Å². The van der Waals surface area contributed by atoms with Crippen LogP contribution in [-0.2, 0) is 4.74 Å². The van der Waals surface area contributed by atoms with Gasteiger partial charge >= 0.3 is 12.1 Å². The summed E-state index contributed by atoms with van der Waals surface area (Å²) < 4.78 is 4.66. The predicted molar refractivity (Wildman–Crippen MR) is 66.3 cm³/mol. The number of carbonyl (C=O) groups is 2. The van der Waals surface area contributed by atoms with E-state index in [2.05, 4.69) is 10.1 Å². The van der Waals surface area contributed by atoms with E-state index in [0.29, 0.717) is 32.2 Å². The SMILES string of the molecule is COC(=O)N1CCN(C(=O)NC2CCCC2)CC1. The van der Waals surface area contributed by atoms with Crippen molar-refractivity contribution in [2.45, 2.75) is 31.7 Å². The Morgan fingerprint density at radius 3 is 2.17 bits per heavy atom. The van der Waals surface area contributed by atoms with Gasteiger partial charge < -0.3 is 19.9 Å². The van der Waals surface area contributed by atoms with Gasteiger partial charge in [0, 0.05) is 32.2 Å². The number of rotatable bonds is 1. The van der Waals surface area contributed by atoms with E-state index in [1.54, 1.807) is 9.80 Å². The van der Waals surface area contributed by atoms with E-state index in [1.165, 1.54) is 20.0 Å². The van der Waals surface area contributed by atoms with Gasteiger partial charge in [0.1, 0.15) is 0 Å². The topological polar surface area (TPSA) is 61.9 Å². The Morgan fingerprint density at radius 2 is 1.61 bits per heavy atom. The number of piperazine rings is 1. The molecule has 1 saturated carbocycles. The summed E-state index contributed by atoms with van der Waals surface area (Å²) in [5.74, 6) is 0. The Hall–Kier alpha value is -1.46. The lowest BCUT2D eigenvalue weighted by Gasteiger charge is -2.34. The molecule has 18 heavy (non-hydrogen) atoms. The normalized spacial score (nSPS) is 20.9. The maximum atomic E-state index is 12.0. The minimum atomic E-state index is -0.314. The van der Waals surface area contributed by atoms with Gasteiger partial charge in [0.25, 0.3) is 0 Å². The Kier molecular flexibility index (Phi) is 4.28. The number of urea groups is 1. The summed E-state index contributed by atoms with van der Waals surface area (Å²) in [6.07, 6.45) is 4.29. The van der Waals surface area contributed by atoms with Crippen molar-refractivity contribution in [2.24, 2.45) is 0 Å². The van der Waals surface area contributed by atoms with Crippen LogP contribution >= 0.6 is 0 Å². The van der Waals surface area contributed by atoms with Gasteiger partial charge in [-0.3, -0.25) is 0 Å². The van der Waals surface area contributed by atoms with Crippen molar-refractivity contribution in [2.75, 3.05) is 33.3 Å². The average molecular weight is 255 g/mol. The van der Waals surface area contributed by atoms with Crippen molar-refractivity contribution < 1.29 is 14.3 Å². The first-order valence-electron chi connectivity index (χ1n) is 6.59. The summed E-state index contributed by atoms with van der Waals surface area (Å²) in [5, 5.41) is 3.06. The molecule has 102 valence electrons. The van der Waals surface area contributed by atoms with Crippen molar-refractivity contribution in [1.29, 1.82) is 0 Å². The maximum absolute atomic E-state index is 12.0. The molecule has 6 heteroatoms. The number of hydrogen-bond donors (Lipinski definition) is 1. The molecule has 0 aromatic heterocycles. The van der Waals surface area contributed by atoms with Gasteiger partial charge in [0.15, 0.2) is 0 Å². The van der Waals surface area contributed by atoms with Gasteiger partial charge in [-0.15, -0.1) is 0 Å². The lowest BCUT2D eigenvalue weighted by Crippen LogP contribution is -2.54. The molecule has 0 unspecified atom stereocenters. The molecule has 1 N–H and O–H groups in total. The summed E-state index contributed by atoms with van der Waals surface area (Å²) in [6.45, 7) is 2.25. The number of methoxy groups -OCH3 is 1. The number of carbonyl (C=O) groups excluding carboxylic acids is 2. The molecule has 1 heterocycles. The second-order valence-electron chi connectivity index (χ2n) is 4.87. The van der Waals surface area contributed by atoms with Crippen LogP contribution in [0.3, 0.4) is 0 Å². The van der Waals surface area contributed by atoms with Gasteiger partial charge in [0.2, 0.25) is 0 Å². The van der Waals surface area contributed by atoms with E-state index in [0.717, 1.165) is 12.8 Å². The van der Waals surface area contributed by atoms with E-state index in [-0.39, 0.29) is 12.1 Å². The minimum absolute atomic E-state index is 0.00594. The molecular weight excluding hydrogens is 234 g/mol. The molecule has 1 aliphatic heterocycles. The highest BCUT2D eigenvalue weighted by molar-refractivity contribution is 5.75. The van der Waals surface area contributed by atoms with E-state index in [9.17, 15) is 9.59 Å². The van der Waals surface area contributed by atoms with Gasteiger partial charge in [-0.05, 0) is 12.8 Å². The highest BCUT2D eigenvalue weighted by Gasteiger charge is 2.26. The molecule has 6 nitrogen and oxygen atoms in total. The van der Waals surface area contributed by atoms with E-state index < -0.39 is 0 Å². The lowest BCUT2D eigenvalue weighted by atomic mass is 10.2. The second-order valence-corrected chi connectivity index (χ2v) is 4.87. The van der Waals surface area contributed by atoms with Crippen LogP contribution in [0.2, 0.25) is 0 Å². The van der Waals surface area contributed by atoms with Crippen molar-refractivity contribution >= 4 is 12.1 Å². The van der Waals surface area contributed by atoms with Crippen molar-refractivity contribution in [3.05, 3.63) is 0 Å². The molecule has 0 aromatic rings. The zero-order chi connectivity index (χ0) is 13.0. The standard InChI is InChI=1S/C12H21N3O3/c1-18-12(17)15-8-6-14(7-9-15)11(16)13-10-4-2-3-5-10/h10H,2-9H2,1H3,(H,13,16). The third kappa shape index (κ3) is 3.05.